The fraction of sp³-hybridized carbons (Fsp3) is 0.105. The lowest BCUT2D eigenvalue weighted by Crippen LogP contribution is -2.29. The summed E-state index contributed by atoms with van der Waals surface area (Å²) in [6.45, 7) is 1.70. The van der Waals surface area contributed by atoms with E-state index in [0.29, 0.717) is 16.3 Å². The van der Waals surface area contributed by atoms with Crippen LogP contribution >= 0.6 is 22.9 Å². The van der Waals surface area contributed by atoms with Crippen molar-refractivity contribution in [3.8, 4) is 0 Å². The van der Waals surface area contributed by atoms with Crippen molar-refractivity contribution in [2.45, 2.75) is 13.0 Å². The monoisotopic (exact) mass is 400 g/mol. The van der Waals surface area contributed by atoms with Crippen LogP contribution < -0.4 is 4.90 Å². The van der Waals surface area contributed by atoms with E-state index in [4.69, 9.17) is 16.1 Å². The molecule has 1 unspecified atom stereocenters. The minimum atomic E-state index is -0.787. The Hall–Kier alpha value is -2.90. The highest BCUT2D eigenvalue weighted by atomic mass is 35.5. The summed E-state index contributed by atoms with van der Waals surface area (Å²) in [5.74, 6) is -1.07. The molecule has 1 aromatic carbocycles. The molecule has 1 aliphatic heterocycles. The predicted octanol–water partition coefficient (Wildman–Crippen LogP) is 4.32. The molecule has 27 heavy (non-hydrogen) atoms. The first-order valence-electron chi connectivity index (χ1n) is 8.01. The maximum absolute atomic E-state index is 12.8. The van der Waals surface area contributed by atoms with E-state index in [1.54, 1.807) is 43.3 Å². The number of benzene rings is 1. The minimum absolute atomic E-state index is 0.00502. The number of Topliss-reactive ketones (excluding diaryl/α,β-unsaturated/α-hetero) is 1. The average Bonchev–Trinajstić information content (AvgIpc) is 3.37. The molecular formula is C19H13ClN2O4S. The first-order valence-corrected chi connectivity index (χ1v) is 9.27. The van der Waals surface area contributed by atoms with E-state index in [2.05, 4.69) is 5.16 Å². The molecule has 3 heterocycles. The van der Waals surface area contributed by atoms with Gasteiger partial charge in [0.2, 0.25) is 0 Å². The molecule has 8 heteroatoms. The van der Waals surface area contributed by atoms with Crippen molar-refractivity contribution < 1.29 is 19.2 Å². The smallest absolute Gasteiger partial charge is 0.301 e. The van der Waals surface area contributed by atoms with E-state index in [1.807, 2.05) is 11.4 Å². The fourth-order valence-corrected chi connectivity index (χ4v) is 3.96. The third-order valence-electron chi connectivity index (χ3n) is 4.24. The van der Waals surface area contributed by atoms with Gasteiger partial charge in [0.15, 0.2) is 5.82 Å². The zero-order valence-electron chi connectivity index (χ0n) is 14.0. The molecule has 4 rings (SSSR count). The fourth-order valence-electron chi connectivity index (χ4n) is 3.01. The SMILES string of the molecule is Cc1cc(N2C(=O)C(=O)C(=C(O)c3ccc(Cl)cc3)C2c2cccs2)no1. The lowest BCUT2D eigenvalue weighted by Gasteiger charge is -2.21. The van der Waals surface area contributed by atoms with Gasteiger partial charge in [0, 0.05) is 21.5 Å². The Labute approximate surface area is 163 Å². The number of aliphatic hydroxyl groups excluding tert-OH is 1. The molecule has 3 aromatic rings. The molecule has 1 amide bonds. The summed E-state index contributed by atoms with van der Waals surface area (Å²) in [6, 6.07) is 10.8. The van der Waals surface area contributed by atoms with E-state index in [-0.39, 0.29) is 17.2 Å². The number of aliphatic hydroxyl groups is 1. The van der Waals surface area contributed by atoms with Crippen molar-refractivity contribution in [1.29, 1.82) is 0 Å². The van der Waals surface area contributed by atoms with Crippen LogP contribution in [0.15, 0.2) is 57.9 Å². The van der Waals surface area contributed by atoms with Gasteiger partial charge in [0.1, 0.15) is 17.6 Å². The summed E-state index contributed by atoms with van der Waals surface area (Å²) >= 11 is 7.28. The summed E-state index contributed by atoms with van der Waals surface area (Å²) in [5.41, 5.74) is 0.403. The zero-order valence-corrected chi connectivity index (χ0v) is 15.6. The molecule has 136 valence electrons. The second-order valence-electron chi connectivity index (χ2n) is 5.99. The zero-order chi connectivity index (χ0) is 19.1. The molecule has 0 bridgehead atoms. The quantitative estimate of drug-likeness (QED) is 0.402. The number of aromatic nitrogens is 1. The van der Waals surface area contributed by atoms with Gasteiger partial charge in [-0.05, 0) is 42.6 Å². The molecule has 0 radical (unpaired) electrons. The van der Waals surface area contributed by atoms with Crippen molar-refractivity contribution in [3.05, 3.63) is 74.6 Å². The standard InChI is InChI=1S/C19H13ClN2O4S/c1-10-9-14(21-26-10)22-16(13-3-2-8-27-13)15(18(24)19(22)25)17(23)11-4-6-12(20)7-5-11/h2-9,16,23H,1H3. The second-order valence-corrected chi connectivity index (χ2v) is 7.40. The molecule has 2 aromatic heterocycles. The number of ketones is 1. The van der Waals surface area contributed by atoms with Crippen molar-refractivity contribution in [3.63, 3.8) is 0 Å². The van der Waals surface area contributed by atoms with Crippen LogP contribution in [0.1, 0.15) is 22.2 Å². The van der Waals surface area contributed by atoms with Crippen LogP contribution in [-0.4, -0.2) is 22.0 Å². The predicted molar refractivity (Wildman–Crippen MR) is 102 cm³/mol. The molecule has 1 aliphatic rings. The normalized spacial score (nSPS) is 19.0. The summed E-state index contributed by atoms with van der Waals surface area (Å²) in [6.07, 6.45) is 0. The van der Waals surface area contributed by atoms with Crippen LogP contribution in [0.2, 0.25) is 5.02 Å². The van der Waals surface area contributed by atoms with Crippen LogP contribution in [0.3, 0.4) is 0 Å². The molecular weight excluding hydrogens is 388 g/mol. The lowest BCUT2D eigenvalue weighted by molar-refractivity contribution is -0.132. The van der Waals surface area contributed by atoms with Crippen molar-refractivity contribution >= 4 is 46.2 Å². The van der Waals surface area contributed by atoms with E-state index in [1.165, 1.54) is 16.2 Å². The van der Waals surface area contributed by atoms with Crippen LogP contribution in [0.4, 0.5) is 5.82 Å². The number of anilines is 1. The number of amides is 1. The number of carbonyl (C=O) groups excluding carboxylic acids is 2. The van der Waals surface area contributed by atoms with E-state index >= 15 is 0 Å². The Morgan fingerprint density at radius 3 is 2.59 bits per heavy atom. The lowest BCUT2D eigenvalue weighted by atomic mass is 10.00. The van der Waals surface area contributed by atoms with E-state index in [9.17, 15) is 14.7 Å². The largest absolute Gasteiger partial charge is 0.507 e. The summed E-state index contributed by atoms with van der Waals surface area (Å²) in [4.78, 5) is 27.5. The number of hydrogen-bond donors (Lipinski definition) is 1. The molecule has 0 aliphatic carbocycles. The van der Waals surface area contributed by atoms with Crippen LogP contribution in [0.25, 0.3) is 5.76 Å². The Bertz CT molecular complexity index is 1050. The molecule has 1 saturated heterocycles. The van der Waals surface area contributed by atoms with Crippen LogP contribution in [-0.2, 0) is 9.59 Å². The number of aryl methyl sites for hydroxylation is 1. The van der Waals surface area contributed by atoms with Gasteiger partial charge in [-0.25, -0.2) is 0 Å². The molecule has 0 spiro atoms. The highest BCUT2D eigenvalue weighted by molar-refractivity contribution is 7.10. The third kappa shape index (κ3) is 2.94. The van der Waals surface area contributed by atoms with Gasteiger partial charge in [-0.1, -0.05) is 22.8 Å². The van der Waals surface area contributed by atoms with E-state index in [0.717, 1.165) is 4.88 Å². The first kappa shape index (κ1) is 17.5. The Morgan fingerprint density at radius 2 is 2.00 bits per heavy atom. The topological polar surface area (TPSA) is 83.6 Å². The van der Waals surface area contributed by atoms with Gasteiger partial charge in [-0.2, -0.15) is 0 Å². The summed E-state index contributed by atoms with van der Waals surface area (Å²) in [5, 5.41) is 17.1. The summed E-state index contributed by atoms with van der Waals surface area (Å²) in [7, 11) is 0. The number of thiophene rings is 1. The Morgan fingerprint density at radius 1 is 1.26 bits per heavy atom. The molecule has 6 nitrogen and oxygen atoms in total. The van der Waals surface area contributed by atoms with Crippen LogP contribution in [0.5, 0.6) is 0 Å². The number of hydrogen-bond acceptors (Lipinski definition) is 6. The highest BCUT2D eigenvalue weighted by Crippen LogP contribution is 2.43. The molecule has 1 atom stereocenters. The Balaban J connectivity index is 1.92. The highest BCUT2D eigenvalue weighted by Gasteiger charge is 2.48. The minimum Gasteiger partial charge on any atom is -0.507 e. The van der Waals surface area contributed by atoms with Crippen molar-refractivity contribution in [2.75, 3.05) is 4.90 Å². The molecule has 1 N–H and O–H groups in total. The van der Waals surface area contributed by atoms with Crippen molar-refractivity contribution in [1.82, 2.24) is 5.16 Å². The third-order valence-corrected chi connectivity index (χ3v) is 5.41. The van der Waals surface area contributed by atoms with Gasteiger partial charge in [-0.3, -0.25) is 14.5 Å². The summed E-state index contributed by atoms with van der Waals surface area (Å²) < 4.78 is 5.07. The van der Waals surface area contributed by atoms with Gasteiger partial charge < -0.3 is 9.63 Å². The van der Waals surface area contributed by atoms with Crippen LogP contribution in [0, 0.1) is 6.92 Å². The van der Waals surface area contributed by atoms with E-state index < -0.39 is 17.7 Å². The first-order chi connectivity index (χ1) is 13.0. The maximum atomic E-state index is 12.8. The number of rotatable bonds is 3. The molecule has 0 saturated carbocycles. The maximum Gasteiger partial charge on any atom is 0.301 e. The number of carbonyl (C=O) groups is 2. The molecule has 1 fully saturated rings. The number of halogens is 1. The van der Waals surface area contributed by atoms with Gasteiger partial charge in [0.25, 0.3) is 5.78 Å². The Kier molecular flexibility index (Phi) is 4.33. The van der Waals surface area contributed by atoms with Gasteiger partial charge >= 0.3 is 5.91 Å². The van der Waals surface area contributed by atoms with Crippen molar-refractivity contribution in [2.24, 2.45) is 0 Å². The average molecular weight is 401 g/mol. The second kappa shape index (κ2) is 6.68. The van der Waals surface area contributed by atoms with Gasteiger partial charge in [-0.15, -0.1) is 11.3 Å². The number of nitrogens with zero attached hydrogens (tertiary/aromatic N) is 2. The van der Waals surface area contributed by atoms with Gasteiger partial charge in [0.05, 0.1) is 5.57 Å².